The fraction of sp³-hybridized carbons (Fsp3) is 0.235. The van der Waals surface area contributed by atoms with Gasteiger partial charge in [-0.05, 0) is 84.5 Å². The molecule has 0 N–H and O–H groups in total. The van der Waals surface area contributed by atoms with E-state index in [9.17, 15) is 4.79 Å². The molecule has 0 amide bonds. The summed E-state index contributed by atoms with van der Waals surface area (Å²) in [7, 11) is 0. The van der Waals surface area contributed by atoms with Crippen molar-refractivity contribution >= 4 is 5.78 Å². The van der Waals surface area contributed by atoms with E-state index in [0.717, 1.165) is 0 Å². The van der Waals surface area contributed by atoms with Crippen LogP contribution in [0.1, 0.15) is 20.8 Å². The molecule has 0 heterocycles. The fourth-order valence-corrected chi connectivity index (χ4v) is 1.16. The predicted octanol–water partition coefficient (Wildman–Crippen LogP) is 3.03. The van der Waals surface area contributed by atoms with Gasteiger partial charge in [0, 0.05) is 5.41 Å². The van der Waals surface area contributed by atoms with E-state index in [1.807, 2.05) is 65.7 Å². The Morgan fingerprint density at radius 3 is 1.68 bits per heavy atom. The van der Waals surface area contributed by atoms with Crippen LogP contribution < -0.4 is 0 Å². The SMILES string of the molecule is CC(C)(C)C#CC(=O)[C]1[CH][CH][CH][CH]1.[CH]1[CH][CH][CH][CH]1.[Fe+2]. The molecule has 19 heavy (non-hydrogen) atoms. The summed E-state index contributed by atoms with van der Waals surface area (Å²) < 4.78 is 0. The van der Waals surface area contributed by atoms with Gasteiger partial charge in [0.2, 0.25) is 5.78 Å². The van der Waals surface area contributed by atoms with Crippen LogP contribution in [0, 0.1) is 81.0 Å². The second kappa shape index (κ2) is 9.62. The molecule has 0 aromatic heterocycles. The molecule has 0 saturated heterocycles. The van der Waals surface area contributed by atoms with E-state index in [-0.39, 0.29) is 28.3 Å². The summed E-state index contributed by atoms with van der Waals surface area (Å²) in [5, 5.41) is 0. The van der Waals surface area contributed by atoms with Gasteiger partial charge in [0.25, 0.3) is 0 Å². The van der Waals surface area contributed by atoms with Crippen LogP contribution in [0.25, 0.3) is 0 Å². The van der Waals surface area contributed by atoms with Crippen LogP contribution in [-0.2, 0) is 21.9 Å². The Bertz CT molecular complexity index is 299. The van der Waals surface area contributed by atoms with E-state index in [1.54, 1.807) is 12.8 Å². The zero-order valence-corrected chi connectivity index (χ0v) is 12.6. The molecule has 98 valence electrons. The van der Waals surface area contributed by atoms with Gasteiger partial charge in [-0.2, -0.15) is 0 Å². The van der Waals surface area contributed by atoms with Gasteiger partial charge in [-0.1, -0.05) is 5.92 Å². The van der Waals surface area contributed by atoms with Crippen LogP contribution >= 0.6 is 0 Å². The van der Waals surface area contributed by atoms with Gasteiger partial charge in [-0.3, -0.25) is 4.79 Å². The van der Waals surface area contributed by atoms with Crippen molar-refractivity contribution in [1.29, 1.82) is 0 Å². The molecule has 1 nitrogen and oxygen atoms in total. The summed E-state index contributed by atoms with van der Waals surface area (Å²) in [6.45, 7) is 5.95. The van der Waals surface area contributed by atoms with Crippen LogP contribution in [0.2, 0.25) is 0 Å². The van der Waals surface area contributed by atoms with Crippen molar-refractivity contribution in [2.24, 2.45) is 5.41 Å². The van der Waals surface area contributed by atoms with Crippen molar-refractivity contribution in [2.75, 3.05) is 0 Å². The van der Waals surface area contributed by atoms with Crippen molar-refractivity contribution in [3.8, 4) is 11.8 Å². The maximum atomic E-state index is 11.4. The zero-order chi connectivity index (χ0) is 13.4. The van der Waals surface area contributed by atoms with Crippen molar-refractivity contribution in [3.05, 3.63) is 63.7 Å². The molecule has 0 unspecified atom stereocenters. The summed E-state index contributed by atoms with van der Waals surface area (Å²) >= 11 is 0. The maximum Gasteiger partial charge on any atom is 2.00 e. The summed E-state index contributed by atoms with van der Waals surface area (Å²) in [6.07, 6.45) is 17.2. The molecule has 2 saturated carbocycles. The minimum absolute atomic E-state index is 0. The third-order valence-corrected chi connectivity index (χ3v) is 2.03. The average molecular weight is 294 g/mol. The molecule has 10 radical (unpaired) electrons. The van der Waals surface area contributed by atoms with E-state index < -0.39 is 0 Å². The van der Waals surface area contributed by atoms with E-state index in [1.165, 1.54) is 0 Å². The first-order valence-corrected chi connectivity index (χ1v) is 5.95. The number of hydrogen-bond acceptors (Lipinski definition) is 1. The summed E-state index contributed by atoms with van der Waals surface area (Å²) in [5.74, 6) is 6.13. The number of carbonyl (C=O) groups is 1. The molecule has 0 aromatic rings. The van der Waals surface area contributed by atoms with Crippen LogP contribution in [0.5, 0.6) is 0 Å². The first-order valence-electron chi connectivity index (χ1n) is 5.95. The third-order valence-electron chi connectivity index (χ3n) is 2.03. The molecule has 2 rings (SSSR count). The Hall–Kier alpha value is -0.251. The molecule has 2 fully saturated rings. The summed E-state index contributed by atoms with van der Waals surface area (Å²) in [6, 6.07) is 0. The molecule has 2 aliphatic rings. The Balaban J connectivity index is 0.000000454. The summed E-state index contributed by atoms with van der Waals surface area (Å²) in [4.78, 5) is 11.4. The Kier molecular flexibility index (Phi) is 9.49. The van der Waals surface area contributed by atoms with E-state index in [2.05, 4.69) is 11.8 Å². The molecule has 0 bridgehead atoms. The molecule has 0 atom stereocenters. The van der Waals surface area contributed by atoms with Gasteiger partial charge in [0.1, 0.15) is 0 Å². The van der Waals surface area contributed by atoms with Crippen molar-refractivity contribution in [3.63, 3.8) is 0 Å². The van der Waals surface area contributed by atoms with Crippen molar-refractivity contribution in [2.45, 2.75) is 20.8 Å². The first kappa shape index (κ1) is 18.7. The second-order valence-electron chi connectivity index (χ2n) is 4.96. The zero-order valence-electron chi connectivity index (χ0n) is 11.5. The largest absolute Gasteiger partial charge is 2.00 e. The number of carbonyl (C=O) groups excluding carboxylic acids is 1. The average Bonchev–Trinajstić information content (AvgIpc) is 2.99. The predicted molar refractivity (Wildman–Crippen MR) is 74.2 cm³/mol. The topological polar surface area (TPSA) is 17.1 Å². The minimum Gasteiger partial charge on any atom is -0.284 e. The van der Waals surface area contributed by atoms with Crippen molar-refractivity contribution < 1.29 is 21.9 Å². The van der Waals surface area contributed by atoms with Crippen LogP contribution in [0.15, 0.2) is 0 Å². The van der Waals surface area contributed by atoms with E-state index in [4.69, 9.17) is 0 Å². The molecule has 0 aliphatic heterocycles. The molecular weight excluding hydrogens is 276 g/mol. The maximum absolute atomic E-state index is 11.4. The Morgan fingerprint density at radius 1 is 0.895 bits per heavy atom. The van der Waals surface area contributed by atoms with E-state index >= 15 is 0 Å². The normalized spacial score (nSPS) is 18.7. The molecule has 0 spiro atoms. The second-order valence-corrected chi connectivity index (χ2v) is 4.96. The number of rotatable bonds is 1. The van der Waals surface area contributed by atoms with Crippen molar-refractivity contribution in [1.82, 2.24) is 0 Å². The monoisotopic (exact) mass is 294 g/mol. The van der Waals surface area contributed by atoms with Gasteiger partial charge in [0.15, 0.2) is 0 Å². The number of hydrogen-bond donors (Lipinski definition) is 0. The fourth-order valence-electron chi connectivity index (χ4n) is 1.16. The molecule has 2 heteroatoms. The van der Waals surface area contributed by atoms with Crippen LogP contribution in [-0.4, -0.2) is 5.78 Å². The molecule has 0 aromatic carbocycles. The van der Waals surface area contributed by atoms with Gasteiger partial charge in [0.05, 0.1) is 5.92 Å². The van der Waals surface area contributed by atoms with Gasteiger partial charge >= 0.3 is 17.1 Å². The van der Waals surface area contributed by atoms with E-state index in [0.29, 0.717) is 5.92 Å². The molecule has 2 aliphatic carbocycles. The van der Waals surface area contributed by atoms with Crippen LogP contribution in [0.3, 0.4) is 0 Å². The minimum atomic E-state index is -0.109. The Labute approximate surface area is 129 Å². The first-order chi connectivity index (χ1) is 8.49. The smallest absolute Gasteiger partial charge is 0.284 e. The number of Topliss-reactive ketones (excluding diaryl/α,β-unsaturated/α-hetero) is 1. The van der Waals surface area contributed by atoms with Crippen LogP contribution in [0.4, 0.5) is 0 Å². The quantitative estimate of drug-likeness (QED) is 0.413. The standard InChI is InChI=1S/C12H13O.C5H5.Fe/c1-12(2,3)9-8-11(13)10-6-4-5-7-10;1-2-4-5-3-1;/h4-7H,1-3H3;1-5H;/q;;+2. The molecular formula is C17H18FeO+2. The van der Waals surface area contributed by atoms with Gasteiger partial charge < -0.3 is 0 Å². The number of ketones is 1. The van der Waals surface area contributed by atoms with Gasteiger partial charge in [-0.25, -0.2) is 0 Å². The summed E-state index contributed by atoms with van der Waals surface area (Å²) in [5.41, 5.74) is -0.109. The third kappa shape index (κ3) is 9.31. The Morgan fingerprint density at radius 2 is 1.32 bits per heavy atom. The van der Waals surface area contributed by atoms with Gasteiger partial charge in [-0.15, -0.1) is 0 Å².